The molecule has 0 aliphatic carbocycles. The van der Waals surface area contributed by atoms with E-state index in [0.717, 1.165) is 39.8 Å². The number of benzene rings is 2. The van der Waals surface area contributed by atoms with Crippen LogP contribution in [-0.2, 0) is 13.1 Å². The van der Waals surface area contributed by atoms with Crippen LogP contribution in [0.4, 0.5) is 0 Å². The first-order valence-corrected chi connectivity index (χ1v) is 10.7. The maximum atomic E-state index is 12.8. The van der Waals surface area contributed by atoms with Gasteiger partial charge in [-0.3, -0.25) is 9.59 Å². The largest absolute Gasteiger partial charge is 0.344 e. The van der Waals surface area contributed by atoms with Gasteiger partial charge in [-0.15, -0.1) is 0 Å². The second-order valence-electron chi connectivity index (χ2n) is 7.80. The van der Waals surface area contributed by atoms with E-state index in [-0.39, 0.29) is 11.1 Å². The van der Waals surface area contributed by atoms with E-state index in [2.05, 4.69) is 28.1 Å². The molecule has 4 rings (SSSR count). The van der Waals surface area contributed by atoms with Gasteiger partial charge in [-0.25, -0.2) is 5.43 Å². The number of carbonyl (C=O) groups is 1. The number of amides is 1. The van der Waals surface area contributed by atoms with Crippen molar-refractivity contribution in [3.8, 4) is 0 Å². The summed E-state index contributed by atoms with van der Waals surface area (Å²) in [5.74, 6) is -0.526. The molecule has 0 spiro atoms. The Morgan fingerprint density at radius 2 is 1.78 bits per heavy atom. The van der Waals surface area contributed by atoms with Crippen LogP contribution in [-0.4, -0.2) is 21.3 Å². The molecule has 2 heterocycles. The molecule has 1 N–H and O–H groups in total. The summed E-state index contributed by atoms with van der Waals surface area (Å²) < 4.78 is 3.74. The van der Waals surface area contributed by atoms with Crippen molar-refractivity contribution in [2.45, 2.75) is 33.9 Å². The lowest BCUT2D eigenvalue weighted by molar-refractivity contribution is 0.0953. The van der Waals surface area contributed by atoms with Crippen molar-refractivity contribution in [2.75, 3.05) is 0 Å². The van der Waals surface area contributed by atoms with Crippen molar-refractivity contribution < 1.29 is 4.79 Å². The van der Waals surface area contributed by atoms with Crippen molar-refractivity contribution in [1.29, 1.82) is 0 Å². The Kier molecular flexibility index (Phi) is 6.03. The molecular formula is C26H26N4O2. The van der Waals surface area contributed by atoms with Crippen molar-refractivity contribution in [2.24, 2.45) is 5.10 Å². The molecule has 2 aromatic carbocycles. The number of aromatic nitrogens is 2. The number of rotatable bonds is 6. The molecule has 32 heavy (non-hydrogen) atoms. The standard InChI is InChI=1S/C26H26N4O2/c1-4-30-19(3)23(21-8-5-6-10-24(21)30)16-27-28-25(31)22-9-7-15-29(26(22)32)17-20-13-11-18(2)12-14-20/h5-16H,4,17H2,1-3H3,(H,28,31)/b27-16-. The Hall–Kier alpha value is -3.93. The van der Waals surface area contributed by atoms with Gasteiger partial charge < -0.3 is 9.13 Å². The summed E-state index contributed by atoms with van der Waals surface area (Å²) in [6.07, 6.45) is 3.33. The number of pyridine rings is 1. The summed E-state index contributed by atoms with van der Waals surface area (Å²) >= 11 is 0. The van der Waals surface area contributed by atoms with Gasteiger partial charge in [-0.2, -0.15) is 5.10 Å². The molecule has 4 aromatic rings. The van der Waals surface area contributed by atoms with E-state index >= 15 is 0 Å². The number of nitrogens with zero attached hydrogens (tertiary/aromatic N) is 3. The van der Waals surface area contributed by atoms with Gasteiger partial charge in [0.1, 0.15) is 5.56 Å². The van der Waals surface area contributed by atoms with Gasteiger partial charge in [-0.05, 0) is 44.5 Å². The molecule has 162 valence electrons. The highest BCUT2D eigenvalue weighted by atomic mass is 16.2. The van der Waals surface area contributed by atoms with Gasteiger partial charge in [0.2, 0.25) is 0 Å². The summed E-state index contributed by atoms with van der Waals surface area (Å²) in [4.78, 5) is 25.5. The van der Waals surface area contributed by atoms with Crippen LogP contribution in [0.3, 0.4) is 0 Å². The summed E-state index contributed by atoms with van der Waals surface area (Å²) in [5, 5.41) is 5.23. The van der Waals surface area contributed by atoms with Crippen molar-refractivity contribution in [3.05, 3.63) is 105 Å². The number of hydrogen-bond acceptors (Lipinski definition) is 3. The molecule has 2 aromatic heterocycles. The predicted octanol–water partition coefficient (Wildman–Crippen LogP) is 4.25. The van der Waals surface area contributed by atoms with Gasteiger partial charge in [0, 0.05) is 34.9 Å². The normalized spacial score (nSPS) is 11.3. The first kappa shape index (κ1) is 21.3. The van der Waals surface area contributed by atoms with E-state index in [0.29, 0.717) is 6.54 Å². The fourth-order valence-corrected chi connectivity index (χ4v) is 3.97. The fourth-order valence-electron chi connectivity index (χ4n) is 3.97. The van der Waals surface area contributed by atoms with Crippen molar-refractivity contribution >= 4 is 23.0 Å². The second-order valence-corrected chi connectivity index (χ2v) is 7.80. The fraction of sp³-hybridized carbons (Fsp3) is 0.192. The molecule has 0 bridgehead atoms. The quantitative estimate of drug-likeness (QED) is 0.370. The molecule has 0 aliphatic rings. The highest BCUT2D eigenvalue weighted by Crippen LogP contribution is 2.24. The Morgan fingerprint density at radius 1 is 1.03 bits per heavy atom. The first-order chi connectivity index (χ1) is 15.5. The van der Waals surface area contributed by atoms with Gasteiger partial charge >= 0.3 is 0 Å². The van der Waals surface area contributed by atoms with E-state index in [1.54, 1.807) is 18.5 Å². The molecule has 0 saturated heterocycles. The maximum Gasteiger partial charge on any atom is 0.276 e. The summed E-state index contributed by atoms with van der Waals surface area (Å²) in [7, 11) is 0. The summed E-state index contributed by atoms with van der Waals surface area (Å²) in [6, 6.07) is 19.3. The Bertz CT molecular complexity index is 1360. The van der Waals surface area contributed by atoms with E-state index in [9.17, 15) is 9.59 Å². The average molecular weight is 427 g/mol. The molecule has 0 radical (unpaired) electrons. The predicted molar refractivity (Wildman–Crippen MR) is 128 cm³/mol. The molecule has 0 atom stereocenters. The smallest absolute Gasteiger partial charge is 0.276 e. The lowest BCUT2D eigenvalue weighted by Crippen LogP contribution is -2.30. The third kappa shape index (κ3) is 4.12. The topological polar surface area (TPSA) is 68.4 Å². The maximum absolute atomic E-state index is 12.8. The number of hydrazone groups is 1. The minimum atomic E-state index is -0.526. The lowest BCUT2D eigenvalue weighted by Gasteiger charge is -2.08. The van der Waals surface area contributed by atoms with E-state index in [1.807, 2.05) is 56.3 Å². The van der Waals surface area contributed by atoms with Crippen LogP contribution in [0.25, 0.3) is 10.9 Å². The molecule has 1 amide bonds. The van der Waals surface area contributed by atoms with Crippen LogP contribution in [0.1, 0.15) is 39.7 Å². The molecule has 0 saturated carbocycles. The summed E-state index contributed by atoms with van der Waals surface area (Å²) in [6.45, 7) is 7.39. The number of carbonyl (C=O) groups excluding carboxylic acids is 1. The van der Waals surface area contributed by atoms with Gasteiger partial charge in [0.25, 0.3) is 11.5 Å². The average Bonchev–Trinajstić information content (AvgIpc) is 3.07. The molecule has 0 aliphatic heterocycles. The van der Waals surface area contributed by atoms with E-state index < -0.39 is 5.91 Å². The van der Waals surface area contributed by atoms with E-state index in [4.69, 9.17) is 0 Å². The van der Waals surface area contributed by atoms with Crippen molar-refractivity contribution in [1.82, 2.24) is 14.6 Å². The zero-order valence-electron chi connectivity index (χ0n) is 18.5. The molecular weight excluding hydrogens is 400 g/mol. The Balaban J connectivity index is 1.55. The van der Waals surface area contributed by atoms with Gasteiger partial charge in [0.15, 0.2) is 0 Å². The van der Waals surface area contributed by atoms with Crippen LogP contribution in [0.15, 0.2) is 76.8 Å². The molecule has 6 heteroatoms. The zero-order valence-corrected chi connectivity index (χ0v) is 18.5. The molecule has 0 unspecified atom stereocenters. The minimum Gasteiger partial charge on any atom is -0.344 e. The van der Waals surface area contributed by atoms with Crippen LogP contribution < -0.4 is 11.0 Å². The monoisotopic (exact) mass is 426 g/mol. The summed E-state index contributed by atoms with van der Waals surface area (Å²) in [5.41, 5.74) is 7.53. The van der Waals surface area contributed by atoms with Crippen LogP contribution in [0, 0.1) is 13.8 Å². The van der Waals surface area contributed by atoms with E-state index in [1.165, 1.54) is 10.6 Å². The number of aryl methyl sites for hydroxylation is 2. The number of para-hydroxylation sites is 1. The number of hydrogen-bond donors (Lipinski definition) is 1. The molecule has 0 fully saturated rings. The van der Waals surface area contributed by atoms with Crippen LogP contribution in [0.2, 0.25) is 0 Å². The van der Waals surface area contributed by atoms with Crippen molar-refractivity contribution in [3.63, 3.8) is 0 Å². The third-order valence-corrected chi connectivity index (χ3v) is 5.69. The zero-order chi connectivity index (χ0) is 22.7. The first-order valence-electron chi connectivity index (χ1n) is 10.7. The minimum absolute atomic E-state index is 0.0597. The highest BCUT2D eigenvalue weighted by Gasteiger charge is 2.13. The van der Waals surface area contributed by atoms with Gasteiger partial charge in [-0.1, -0.05) is 48.0 Å². The molecule has 6 nitrogen and oxygen atoms in total. The number of nitrogens with one attached hydrogen (secondary N) is 1. The Labute approximate surface area is 186 Å². The second kappa shape index (κ2) is 9.06. The SMILES string of the molecule is CCn1c(C)c(/C=N\NC(=O)c2cccn(Cc3ccc(C)cc3)c2=O)c2ccccc21. The van der Waals surface area contributed by atoms with Crippen LogP contribution in [0.5, 0.6) is 0 Å². The lowest BCUT2D eigenvalue weighted by atomic mass is 10.1. The number of fused-ring (bicyclic) bond motifs is 1. The van der Waals surface area contributed by atoms with Gasteiger partial charge in [0.05, 0.1) is 12.8 Å². The highest BCUT2D eigenvalue weighted by molar-refractivity contribution is 6.02. The van der Waals surface area contributed by atoms with Crippen LogP contribution >= 0.6 is 0 Å². The Morgan fingerprint density at radius 3 is 2.53 bits per heavy atom. The third-order valence-electron chi connectivity index (χ3n) is 5.69.